The maximum Gasteiger partial charge on any atom is 0.142 e. The van der Waals surface area contributed by atoms with Crippen LogP contribution >= 0.6 is 11.6 Å². The van der Waals surface area contributed by atoms with Gasteiger partial charge in [-0.3, -0.25) is 0 Å². The molecule has 1 nitrogen and oxygen atoms in total. The van der Waals surface area contributed by atoms with Gasteiger partial charge in [-0.15, -0.1) is 0 Å². The molecule has 0 radical (unpaired) electrons. The summed E-state index contributed by atoms with van der Waals surface area (Å²) in [5.74, 6) is -0.357. The van der Waals surface area contributed by atoms with Crippen molar-refractivity contribution in [3.63, 3.8) is 0 Å². The second-order valence-electron chi connectivity index (χ2n) is 4.92. The van der Waals surface area contributed by atoms with Crippen molar-refractivity contribution in [1.82, 2.24) is 0 Å². The zero-order valence-corrected chi connectivity index (χ0v) is 11.8. The summed E-state index contributed by atoms with van der Waals surface area (Å²) in [6.07, 6.45) is 8.00. The van der Waals surface area contributed by atoms with Crippen LogP contribution in [-0.4, -0.2) is 6.04 Å². The van der Waals surface area contributed by atoms with Crippen molar-refractivity contribution in [3.8, 4) is 0 Å². The Morgan fingerprint density at radius 2 is 1.94 bits per heavy atom. The molecule has 0 fully saturated rings. The molecule has 102 valence electrons. The number of unbranched alkanes of at least 4 members (excludes halogenated alkanes) is 4. The summed E-state index contributed by atoms with van der Waals surface area (Å²) in [6.45, 7) is 2.21. The highest BCUT2D eigenvalue weighted by Crippen LogP contribution is 2.17. The molecule has 0 bridgehead atoms. The summed E-state index contributed by atoms with van der Waals surface area (Å²) in [7, 11) is 0. The van der Waals surface area contributed by atoms with Gasteiger partial charge in [0.15, 0.2) is 0 Å². The second kappa shape index (κ2) is 8.49. The first kappa shape index (κ1) is 15.5. The van der Waals surface area contributed by atoms with Crippen LogP contribution in [-0.2, 0) is 6.42 Å². The van der Waals surface area contributed by atoms with Crippen molar-refractivity contribution in [2.45, 2.75) is 57.9 Å². The largest absolute Gasteiger partial charge is 0.327 e. The molecule has 0 heterocycles. The molecule has 0 saturated carbocycles. The summed E-state index contributed by atoms with van der Waals surface area (Å²) in [4.78, 5) is 0. The van der Waals surface area contributed by atoms with E-state index in [2.05, 4.69) is 6.92 Å². The minimum atomic E-state index is -0.357. The highest BCUT2D eigenvalue weighted by molar-refractivity contribution is 6.30. The van der Waals surface area contributed by atoms with Crippen LogP contribution in [0.4, 0.5) is 4.39 Å². The highest BCUT2D eigenvalue weighted by Gasteiger charge is 2.06. The van der Waals surface area contributed by atoms with E-state index < -0.39 is 0 Å². The van der Waals surface area contributed by atoms with Gasteiger partial charge in [0, 0.05) is 6.04 Å². The predicted molar refractivity (Wildman–Crippen MR) is 76.5 cm³/mol. The highest BCUT2D eigenvalue weighted by atomic mass is 35.5. The van der Waals surface area contributed by atoms with Crippen molar-refractivity contribution in [2.75, 3.05) is 0 Å². The maximum absolute atomic E-state index is 13.2. The van der Waals surface area contributed by atoms with E-state index in [1.54, 1.807) is 6.07 Å². The summed E-state index contributed by atoms with van der Waals surface area (Å²) in [5.41, 5.74) is 6.98. The fourth-order valence-electron chi connectivity index (χ4n) is 2.08. The second-order valence-corrected chi connectivity index (χ2v) is 5.32. The summed E-state index contributed by atoms with van der Waals surface area (Å²) in [6, 6.07) is 5.05. The molecular weight excluding hydrogens is 249 g/mol. The Bertz CT molecular complexity index is 354. The van der Waals surface area contributed by atoms with Gasteiger partial charge in [0.05, 0.1) is 5.02 Å². The smallest absolute Gasteiger partial charge is 0.142 e. The predicted octanol–water partition coefficient (Wildman–Crippen LogP) is 4.71. The van der Waals surface area contributed by atoms with Gasteiger partial charge in [-0.05, 0) is 30.5 Å². The molecule has 0 aromatic heterocycles. The Labute approximate surface area is 115 Å². The van der Waals surface area contributed by atoms with E-state index in [1.165, 1.54) is 31.7 Å². The molecule has 18 heavy (non-hydrogen) atoms. The van der Waals surface area contributed by atoms with Crippen LogP contribution in [0.3, 0.4) is 0 Å². The Balaban J connectivity index is 2.26. The first-order chi connectivity index (χ1) is 8.63. The van der Waals surface area contributed by atoms with Gasteiger partial charge in [-0.1, -0.05) is 56.7 Å². The summed E-state index contributed by atoms with van der Waals surface area (Å²) in [5, 5.41) is 0.173. The van der Waals surface area contributed by atoms with Crippen LogP contribution in [0.2, 0.25) is 5.02 Å². The number of nitrogens with two attached hydrogens (primary N) is 1. The normalized spacial score (nSPS) is 12.7. The third-order valence-electron chi connectivity index (χ3n) is 3.16. The molecule has 0 saturated heterocycles. The zero-order valence-electron chi connectivity index (χ0n) is 11.1. The molecule has 1 aromatic rings. The Hall–Kier alpha value is -0.600. The standard InChI is InChI=1S/C15H23ClFN/c1-2-3-4-5-6-7-13(18)10-12-8-9-14(16)15(17)11-12/h8-9,11,13H,2-7,10,18H2,1H3. The number of benzene rings is 1. The van der Waals surface area contributed by atoms with E-state index in [1.807, 2.05) is 6.07 Å². The molecule has 1 unspecified atom stereocenters. The Kier molecular flexibility index (Phi) is 7.29. The van der Waals surface area contributed by atoms with Crippen molar-refractivity contribution >= 4 is 11.6 Å². The van der Waals surface area contributed by atoms with Crippen LogP contribution in [0.1, 0.15) is 51.0 Å². The van der Waals surface area contributed by atoms with E-state index in [4.69, 9.17) is 17.3 Å². The molecule has 0 aliphatic carbocycles. The van der Waals surface area contributed by atoms with E-state index in [9.17, 15) is 4.39 Å². The van der Waals surface area contributed by atoms with Crippen LogP contribution in [0.15, 0.2) is 18.2 Å². The van der Waals surface area contributed by atoms with Crippen LogP contribution < -0.4 is 5.73 Å². The Morgan fingerprint density at radius 1 is 1.22 bits per heavy atom. The molecule has 2 N–H and O–H groups in total. The maximum atomic E-state index is 13.2. The fourth-order valence-corrected chi connectivity index (χ4v) is 2.20. The third-order valence-corrected chi connectivity index (χ3v) is 3.47. The van der Waals surface area contributed by atoms with E-state index >= 15 is 0 Å². The van der Waals surface area contributed by atoms with E-state index in [-0.39, 0.29) is 16.9 Å². The fraction of sp³-hybridized carbons (Fsp3) is 0.600. The minimum absolute atomic E-state index is 0.118. The summed E-state index contributed by atoms with van der Waals surface area (Å²) < 4.78 is 13.2. The van der Waals surface area contributed by atoms with Gasteiger partial charge in [-0.2, -0.15) is 0 Å². The first-order valence-corrected chi connectivity index (χ1v) is 7.20. The van der Waals surface area contributed by atoms with Crippen molar-refractivity contribution < 1.29 is 4.39 Å². The van der Waals surface area contributed by atoms with Crippen molar-refractivity contribution in [1.29, 1.82) is 0 Å². The van der Waals surface area contributed by atoms with Gasteiger partial charge in [0.1, 0.15) is 5.82 Å². The number of halogens is 2. The number of rotatable bonds is 8. The lowest BCUT2D eigenvalue weighted by molar-refractivity contribution is 0.536. The first-order valence-electron chi connectivity index (χ1n) is 6.83. The van der Waals surface area contributed by atoms with Crippen LogP contribution in [0, 0.1) is 5.82 Å². The van der Waals surface area contributed by atoms with Gasteiger partial charge in [0.2, 0.25) is 0 Å². The Morgan fingerprint density at radius 3 is 2.61 bits per heavy atom. The van der Waals surface area contributed by atoms with Crippen LogP contribution in [0.25, 0.3) is 0 Å². The number of hydrogen-bond acceptors (Lipinski definition) is 1. The minimum Gasteiger partial charge on any atom is -0.327 e. The molecule has 0 aliphatic rings. The number of hydrogen-bond donors (Lipinski definition) is 1. The third kappa shape index (κ3) is 5.83. The van der Waals surface area contributed by atoms with Gasteiger partial charge in [0.25, 0.3) is 0 Å². The molecule has 1 aromatic carbocycles. The monoisotopic (exact) mass is 271 g/mol. The molecule has 0 amide bonds. The van der Waals surface area contributed by atoms with Crippen molar-refractivity contribution in [3.05, 3.63) is 34.6 Å². The SMILES string of the molecule is CCCCCCCC(N)Cc1ccc(Cl)c(F)c1. The molecule has 3 heteroatoms. The lowest BCUT2D eigenvalue weighted by Crippen LogP contribution is -2.22. The zero-order chi connectivity index (χ0) is 13.4. The van der Waals surface area contributed by atoms with Gasteiger partial charge < -0.3 is 5.73 Å². The molecular formula is C15H23ClFN. The summed E-state index contributed by atoms with van der Waals surface area (Å²) >= 11 is 5.64. The quantitative estimate of drug-likeness (QED) is 0.681. The van der Waals surface area contributed by atoms with Gasteiger partial charge in [-0.25, -0.2) is 4.39 Å². The van der Waals surface area contributed by atoms with Gasteiger partial charge >= 0.3 is 0 Å². The molecule has 1 atom stereocenters. The average Bonchev–Trinajstić information content (AvgIpc) is 2.34. The molecule has 0 spiro atoms. The topological polar surface area (TPSA) is 26.0 Å². The lowest BCUT2D eigenvalue weighted by Gasteiger charge is -2.11. The van der Waals surface area contributed by atoms with Crippen LogP contribution in [0.5, 0.6) is 0 Å². The lowest BCUT2D eigenvalue weighted by atomic mass is 10.0. The molecule has 1 rings (SSSR count). The van der Waals surface area contributed by atoms with E-state index in [0.29, 0.717) is 0 Å². The average molecular weight is 272 g/mol. The molecule has 0 aliphatic heterocycles. The van der Waals surface area contributed by atoms with Crippen molar-refractivity contribution in [2.24, 2.45) is 5.73 Å². The van der Waals surface area contributed by atoms with E-state index in [0.717, 1.165) is 24.8 Å².